The molecule has 0 fully saturated rings. The summed E-state index contributed by atoms with van der Waals surface area (Å²) in [5, 5.41) is 2.46. The highest BCUT2D eigenvalue weighted by molar-refractivity contribution is 7.93. The van der Waals surface area contributed by atoms with Gasteiger partial charge < -0.3 is 9.47 Å². The predicted molar refractivity (Wildman–Crippen MR) is 126 cm³/mol. The Morgan fingerprint density at radius 1 is 1.11 bits per heavy atom. The fourth-order valence-corrected chi connectivity index (χ4v) is 5.82. The van der Waals surface area contributed by atoms with Gasteiger partial charge in [0.25, 0.3) is 10.0 Å². The number of nitrogens with zero attached hydrogens (tertiary/aromatic N) is 1. The molecule has 2 aromatic carbocycles. The Balaban J connectivity index is 2.07. The lowest BCUT2D eigenvalue weighted by atomic mass is 10.2. The minimum atomic E-state index is -4.78. The van der Waals surface area contributed by atoms with E-state index in [4.69, 9.17) is 9.47 Å². The lowest BCUT2D eigenvalue weighted by Crippen LogP contribution is -2.46. The summed E-state index contributed by atoms with van der Waals surface area (Å²) in [7, 11) is -8.20. The predicted octanol–water partition coefficient (Wildman–Crippen LogP) is 4.05. The summed E-state index contributed by atoms with van der Waals surface area (Å²) in [5.74, 6) is -0.556. The first-order valence-electron chi connectivity index (χ1n) is 10.5. The summed E-state index contributed by atoms with van der Waals surface area (Å²) >= 11 is 0. The molecule has 0 saturated carbocycles. The Kier molecular flexibility index (Phi) is 7.25. The second kappa shape index (κ2) is 9.47. The molecule has 0 aromatic heterocycles. The Hall–Kier alpha value is -3.00. The highest BCUT2D eigenvalue weighted by Crippen LogP contribution is 2.40. The van der Waals surface area contributed by atoms with Gasteiger partial charge in [-0.1, -0.05) is 6.07 Å². The van der Waals surface area contributed by atoms with Crippen molar-refractivity contribution in [2.45, 2.75) is 43.5 Å². The molecule has 0 aliphatic carbocycles. The van der Waals surface area contributed by atoms with E-state index in [9.17, 15) is 34.8 Å². The Morgan fingerprint density at radius 2 is 1.78 bits per heavy atom. The lowest BCUT2D eigenvalue weighted by molar-refractivity contribution is -0.137. The highest BCUT2D eigenvalue weighted by Gasteiger charge is 2.38. The van der Waals surface area contributed by atoms with Crippen LogP contribution in [0.4, 0.5) is 29.3 Å². The average Bonchev–Trinajstić information content (AvgIpc) is 2.70. The SMILES string of the molecule is CC(C)(C)OC(=O)Nc1ccc2c(c1)N(S(=O)(=O)c1cccc(C(F)(F)F)c1)CC(CS(C)(=O)=O)O2. The molecule has 36 heavy (non-hydrogen) atoms. The zero-order valence-corrected chi connectivity index (χ0v) is 21.4. The Morgan fingerprint density at radius 3 is 2.36 bits per heavy atom. The van der Waals surface area contributed by atoms with Crippen molar-refractivity contribution in [2.75, 3.05) is 28.2 Å². The maximum atomic E-state index is 13.5. The van der Waals surface area contributed by atoms with Crippen LogP contribution >= 0.6 is 0 Å². The van der Waals surface area contributed by atoms with Gasteiger partial charge in [-0.2, -0.15) is 13.2 Å². The van der Waals surface area contributed by atoms with E-state index < -0.39 is 66.6 Å². The molecule has 1 N–H and O–H groups in total. The summed E-state index contributed by atoms with van der Waals surface area (Å²) in [6.45, 7) is 4.46. The smallest absolute Gasteiger partial charge is 0.416 e. The van der Waals surface area contributed by atoms with Crippen molar-refractivity contribution < 1.29 is 44.3 Å². The third kappa shape index (κ3) is 6.81. The van der Waals surface area contributed by atoms with Crippen LogP contribution in [0.3, 0.4) is 0 Å². The zero-order chi connectivity index (χ0) is 27.1. The van der Waals surface area contributed by atoms with Gasteiger partial charge in [-0.25, -0.2) is 21.6 Å². The van der Waals surface area contributed by atoms with Crippen molar-refractivity contribution in [1.82, 2.24) is 0 Å². The maximum Gasteiger partial charge on any atom is 0.416 e. The van der Waals surface area contributed by atoms with Crippen molar-refractivity contribution in [3.63, 3.8) is 0 Å². The number of anilines is 2. The van der Waals surface area contributed by atoms with E-state index in [-0.39, 0.29) is 17.1 Å². The minimum Gasteiger partial charge on any atom is -0.485 e. The monoisotopic (exact) mass is 550 g/mol. The number of rotatable bonds is 5. The second-order valence-corrected chi connectivity index (χ2v) is 13.3. The normalized spacial score (nSPS) is 16.6. The van der Waals surface area contributed by atoms with Crippen molar-refractivity contribution in [3.8, 4) is 5.75 Å². The van der Waals surface area contributed by atoms with Gasteiger partial charge in [0.15, 0.2) is 9.84 Å². The molecule has 1 aliphatic rings. The molecule has 14 heteroatoms. The summed E-state index contributed by atoms with van der Waals surface area (Å²) in [6.07, 6.45) is -5.78. The number of amides is 1. The van der Waals surface area contributed by atoms with Gasteiger partial charge in [0.2, 0.25) is 0 Å². The van der Waals surface area contributed by atoms with Gasteiger partial charge in [0.1, 0.15) is 17.5 Å². The van der Waals surface area contributed by atoms with Crippen LogP contribution in [0.2, 0.25) is 0 Å². The van der Waals surface area contributed by atoms with Crippen LogP contribution in [0.25, 0.3) is 0 Å². The summed E-state index contributed by atoms with van der Waals surface area (Å²) in [4.78, 5) is 11.5. The van der Waals surface area contributed by atoms with E-state index in [0.29, 0.717) is 6.07 Å². The molecule has 1 amide bonds. The number of sulfone groups is 1. The number of fused-ring (bicyclic) bond motifs is 1. The molecule has 1 unspecified atom stereocenters. The molecule has 1 aliphatic heterocycles. The minimum absolute atomic E-state index is 0.0276. The number of benzene rings is 2. The molecule has 0 saturated heterocycles. The third-order valence-corrected chi connectivity index (χ3v) is 7.53. The van der Waals surface area contributed by atoms with E-state index in [1.807, 2.05) is 0 Å². The van der Waals surface area contributed by atoms with Gasteiger partial charge in [-0.05, 0) is 57.2 Å². The molecular formula is C22H25F3N2O7S2. The van der Waals surface area contributed by atoms with Crippen LogP contribution in [-0.4, -0.2) is 53.2 Å². The van der Waals surface area contributed by atoms with E-state index in [2.05, 4.69) is 5.32 Å². The number of carbonyl (C=O) groups excluding carboxylic acids is 1. The summed E-state index contributed by atoms with van der Waals surface area (Å²) in [6, 6.07) is 7.17. The van der Waals surface area contributed by atoms with E-state index in [0.717, 1.165) is 28.8 Å². The second-order valence-electron chi connectivity index (χ2n) is 9.20. The molecule has 198 valence electrons. The molecular weight excluding hydrogens is 525 g/mol. The molecule has 0 bridgehead atoms. The summed E-state index contributed by atoms with van der Waals surface area (Å²) in [5.41, 5.74) is -1.94. The van der Waals surface area contributed by atoms with Crippen LogP contribution in [-0.2, 0) is 30.8 Å². The molecule has 3 rings (SSSR count). The maximum absolute atomic E-state index is 13.5. The van der Waals surface area contributed by atoms with E-state index in [1.54, 1.807) is 20.8 Å². The fraction of sp³-hybridized carbons (Fsp3) is 0.409. The van der Waals surface area contributed by atoms with E-state index in [1.165, 1.54) is 18.2 Å². The topological polar surface area (TPSA) is 119 Å². The molecule has 0 radical (unpaired) electrons. The van der Waals surface area contributed by atoms with Gasteiger partial charge in [0.05, 0.1) is 28.4 Å². The largest absolute Gasteiger partial charge is 0.485 e. The number of carbonyl (C=O) groups is 1. The molecule has 9 nitrogen and oxygen atoms in total. The molecule has 0 spiro atoms. The van der Waals surface area contributed by atoms with Crippen LogP contribution in [0.15, 0.2) is 47.4 Å². The highest BCUT2D eigenvalue weighted by atomic mass is 32.2. The van der Waals surface area contributed by atoms with Gasteiger partial charge in [0, 0.05) is 11.9 Å². The van der Waals surface area contributed by atoms with Crippen molar-refractivity contribution in [1.29, 1.82) is 0 Å². The number of hydrogen-bond donors (Lipinski definition) is 1. The fourth-order valence-electron chi connectivity index (χ4n) is 3.42. The standard InChI is InChI=1S/C22H25F3N2O7S2/c1-21(2,3)34-20(28)26-15-8-9-19-18(11-15)27(12-16(33-19)13-35(4,29)30)36(31,32)17-7-5-6-14(10-17)22(23,24)25/h5-11,16H,12-13H2,1-4H3,(H,26,28). The van der Waals surface area contributed by atoms with E-state index >= 15 is 0 Å². The average molecular weight is 551 g/mol. The van der Waals surface area contributed by atoms with Crippen molar-refractivity contribution >= 4 is 37.3 Å². The molecule has 1 atom stereocenters. The lowest BCUT2D eigenvalue weighted by Gasteiger charge is -2.35. The van der Waals surface area contributed by atoms with Crippen LogP contribution in [0, 0.1) is 0 Å². The van der Waals surface area contributed by atoms with Gasteiger partial charge in [-0.15, -0.1) is 0 Å². The number of hydrogen-bond acceptors (Lipinski definition) is 7. The third-order valence-electron chi connectivity index (χ3n) is 4.77. The first-order chi connectivity index (χ1) is 16.3. The summed E-state index contributed by atoms with van der Waals surface area (Å²) < 4.78 is 102. The number of alkyl halides is 3. The van der Waals surface area contributed by atoms with Gasteiger partial charge in [-0.3, -0.25) is 9.62 Å². The number of halogens is 3. The zero-order valence-electron chi connectivity index (χ0n) is 19.8. The Bertz CT molecular complexity index is 1370. The van der Waals surface area contributed by atoms with Crippen LogP contribution < -0.4 is 14.4 Å². The first kappa shape index (κ1) is 27.6. The van der Waals surface area contributed by atoms with Crippen molar-refractivity contribution in [3.05, 3.63) is 48.0 Å². The molecule has 1 heterocycles. The number of nitrogens with one attached hydrogen (secondary N) is 1. The first-order valence-corrected chi connectivity index (χ1v) is 14.0. The molecule has 2 aromatic rings. The number of sulfonamides is 1. The number of ether oxygens (including phenoxy) is 2. The van der Waals surface area contributed by atoms with Crippen LogP contribution in [0.1, 0.15) is 26.3 Å². The quantitative estimate of drug-likeness (QED) is 0.597. The van der Waals surface area contributed by atoms with Crippen LogP contribution in [0.5, 0.6) is 5.75 Å². The Labute approximate surface area is 207 Å². The van der Waals surface area contributed by atoms with Crippen molar-refractivity contribution in [2.24, 2.45) is 0 Å². The van der Waals surface area contributed by atoms with Gasteiger partial charge >= 0.3 is 12.3 Å².